The molecule has 1 rings (SSSR count). The van der Waals surface area contributed by atoms with E-state index in [2.05, 4.69) is 21.6 Å². The molecule has 98 valence electrons. The van der Waals surface area contributed by atoms with Crippen molar-refractivity contribution in [2.45, 2.75) is 40.2 Å². The van der Waals surface area contributed by atoms with Gasteiger partial charge in [-0.25, -0.2) is 0 Å². The molecular weight excluding hydrogens is 228 g/mol. The number of nitrogens with one attached hydrogen (secondary N) is 1. The van der Waals surface area contributed by atoms with Gasteiger partial charge in [-0.1, -0.05) is 0 Å². The molecule has 0 fully saturated rings. The smallest absolute Gasteiger partial charge is 0.167 e. The molecule has 1 aromatic rings. The second kappa shape index (κ2) is 5.78. The molecule has 0 atom stereocenters. The van der Waals surface area contributed by atoms with Gasteiger partial charge < -0.3 is 10.1 Å². The normalized spacial score (nSPS) is 11.1. The third-order valence-electron chi connectivity index (χ3n) is 2.78. The van der Waals surface area contributed by atoms with E-state index in [0.717, 1.165) is 11.3 Å². The monoisotopic (exact) mass is 248 g/mol. The Morgan fingerprint density at radius 2 is 2.00 bits per heavy atom. The topological polar surface area (TPSA) is 70.8 Å². The van der Waals surface area contributed by atoms with Gasteiger partial charge in [-0.2, -0.15) is 10.4 Å². The van der Waals surface area contributed by atoms with E-state index >= 15 is 0 Å². The van der Waals surface area contributed by atoms with Crippen LogP contribution in [-0.2, 0) is 4.74 Å². The summed E-state index contributed by atoms with van der Waals surface area (Å²) in [5.74, 6) is 0.522. The zero-order valence-corrected chi connectivity index (χ0v) is 11.7. The number of nitriles is 1. The van der Waals surface area contributed by atoms with Crippen molar-refractivity contribution in [3.05, 3.63) is 16.8 Å². The molecule has 0 aliphatic carbocycles. The van der Waals surface area contributed by atoms with Gasteiger partial charge in [-0.05, 0) is 40.2 Å². The van der Waals surface area contributed by atoms with Gasteiger partial charge in [0.1, 0.15) is 11.6 Å². The summed E-state index contributed by atoms with van der Waals surface area (Å²) in [5.41, 5.74) is 1.89. The molecule has 0 unspecified atom stereocenters. The Hall–Kier alpha value is -1.67. The number of nitrogens with zero attached hydrogens (tertiary/aromatic N) is 3. The number of hydrogen-bond acceptors (Lipinski definition) is 5. The fourth-order valence-electron chi connectivity index (χ4n) is 1.61. The second-order valence-electron chi connectivity index (χ2n) is 4.79. The van der Waals surface area contributed by atoms with Crippen molar-refractivity contribution < 1.29 is 4.74 Å². The van der Waals surface area contributed by atoms with E-state index in [1.165, 1.54) is 0 Å². The molecule has 0 radical (unpaired) electrons. The van der Waals surface area contributed by atoms with Gasteiger partial charge in [0.25, 0.3) is 0 Å². The van der Waals surface area contributed by atoms with E-state index in [1.807, 2.05) is 34.6 Å². The highest BCUT2D eigenvalue weighted by atomic mass is 16.5. The van der Waals surface area contributed by atoms with Crippen LogP contribution in [-0.4, -0.2) is 29.0 Å². The third kappa shape index (κ3) is 3.41. The lowest BCUT2D eigenvalue weighted by molar-refractivity contribution is 0.000629. The highest BCUT2D eigenvalue weighted by molar-refractivity contribution is 5.55. The molecule has 0 saturated heterocycles. The minimum Gasteiger partial charge on any atom is -0.374 e. The number of hydrogen-bond donors (Lipinski definition) is 1. The first-order valence-electron chi connectivity index (χ1n) is 6.03. The summed E-state index contributed by atoms with van der Waals surface area (Å²) in [6.45, 7) is 10.9. The summed E-state index contributed by atoms with van der Waals surface area (Å²) in [6, 6.07) is 2.17. The zero-order valence-electron chi connectivity index (χ0n) is 11.7. The van der Waals surface area contributed by atoms with Gasteiger partial charge in [0.05, 0.1) is 11.3 Å². The van der Waals surface area contributed by atoms with E-state index in [0.29, 0.717) is 24.5 Å². The fraction of sp³-hybridized carbons (Fsp3) is 0.615. The molecule has 0 spiro atoms. The van der Waals surface area contributed by atoms with Crippen molar-refractivity contribution in [1.82, 2.24) is 10.2 Å². The Balaban J connectivity index is 2.87. The number of ether oxygens (including phenoxy) is 1. The molecule has 5 heteroatoms. The van der Waals surface area contributed by atoms with Crippen LogP contribution in [0.15, 0.2) is 0 Å². The Kier molecular flexibility index (Phi) is 4.62. The third-order valence-corrected chi connectivity index (χ3v) is 2.78. The minimum absolute atomic E-state index is 0.304. The van der Waals surface area contributed by atoms with Gasteiger partial charge in [0, 0.05) is 13.2 Å². The molecule has 0 aliphatic heterocycles. The SMILES string of the molecule is CCOC(C)(C)CNc1nnc(C)c(C)c1C#N. The Bertz CT molecular complexity index is 463. The predicted molar refractivity (Wildman–Crippen MR) is 70.4 cm³/mol. The van der Waals surface area contributed by atoms with Crippen LogP contribution in [0.4, 0.5) is 5.82 Å². The maximum atomic E-state index is 9.17. The molecule has 0 saturated carbocycles. The number of anilines is 1. The van der Waals surface area contributed by atoms with Crippen LogP contribution in [0.5, 0.6) is 0 Å². The van der Waals surface area contributed by atoms with E-state index < -0.39 is 0 Å². The Morgan fingerprint density at radius 3 is 2.56 bits per heavy atom. The number of rotatable bonds is 5. The van der Waals surface area contributed by atoms with E-state index in [4.69, 9.17) is 10.00 Å². The van der Waals surface area contributed by atoms with Crippen molar-refractivity contribution in [3.8, 4) is 6.07 Å². The van der Waals surface area contributed by atoms with Gasteiger partial charge >= 0.3 is 0 Å². The average molecular weight is 248 g/mol. The molecule has 0 aliphatic rings. The van der Waals surface area contributed by atoms with Crippen LogP contribution in [0.25, 0.3) is 0 Å². The molecule has 0 aromatic carbocycles. The summed E-state index contributed by atoms with van der Waals surface area (Å²) in [7, 11) is 0. The molecule has 5 nitrogen and oxygen atoms in total. The maximum absolute atomic E-state index is 9.17. The molecular formula is C13H20N4O. The first-order valence-corrected chi connectivity index (χ1v) is 6.03. The van der Waals surface area contributed by atoms with Crippen molar-refractivity contribution >= 4 is 5.82 Å². The second-order valence-corrected chi connectivity index (χ2v) is 4.79. The zero-order chi connectivity index (χ0) is 13.8. The summed E-state index contributed by atoms with van der Waals surface area (Å²) >= 11 is 0. The lowest BCUT2D eigenvalue weighted by Crippen LogP contribution is -2.34. The molecule has 18 heavy (non-hydrogen) atoms. The highest BCUT2D eigenvalue weighted by Gasteiger charge is 2.19. The number of aryl methyl sites for hydroxylation is 1. The average Bonchev–Trinajstić information content (AvgIpc) is 2.30. The summed E-state index contributed by atoms with van der Waals surface area (Å²) in [6.07, 6.45) is 0. The highest BCUT2D eigenvalue weighted by Crippen LogP contribution is 2.18. The van der Waals surface area contributed by atoms with Crippen LogP contribution in [0.3, 0.4) is 0 Å². The van der Waals surface area contributed by atoms with E-state index in [1.54, 1.807) is 0 Å². The summed E-state index contributed by atoms with van der Waals surface area (Å²) in [5, 5.41) is 20.4. The van der Waals surface area contributed by atoms with Crippen molar-refractivity contribution in [2.75, 3.05) is 18.5 Å². The van der Waals surface area contributed by atoms with Crippen molar-refractivity contribution in [2.24, 2.45) is 0 Å². The van der Waals surface area contributed by atoms with Crippen LogP contribution < -0.4 is 5.32 Å². The fourth-order valence-corrected chi connectivity index (χ4v) is 1.61. The lowest BCUT2D eigenvalue weighted by atomic mass is 10.1. The first-order chi connectivity index (χ1) is 8.41. The first kappa shape index (κ1) is 14.4. The largest absolute Gasteiger partial charge is 0.374 e. The molecule has 1 N–H and O–H groups in total. The van der Waals surface area contributed by atoms with Crippen LogP contribution in [0, 0.1) is 25.2 Å². The van der Waals surface area contributed by atoms with Crippen LogP contribution in [0.2, 0.25) is 0 Å². The standard InChI is InChI=1S/C13H20N4O/c1-6-18-13(4,5)8-15-12-11(7-14)9(2)10(3)16-17-12/h6,8H2,1-5H3,(H,15,17). The summed E-state index contributed by atoms with van der Waals surface area (Å²) in [4.78, 5) is 0. The Morgan fingerprint density at radius 1 is 1.33 bits per heavy atom. The van der Waals surface area contributed by atoms with Crippen molar-refractivity contribution in [3.63, 3.8) is 0 Å². The van der Waals surface area contributed by atoms with Crippen molar-refractivity contribution in [1.29, 1.82) is 5.26 Å². The lowest BCUT2D eigenvalue weighted by Gasteiger charge is -2.25. The molecule has 1 aromatic heterocycles. The van der Waals surface area contributed by atoms with Gasteiger partial charge in [0.2, 0.25) is 0 Å². The molecule has 0 amide bonds. The molecule has 1 heterocycles. The van der Waals surface area contributed by atoms with E-state index in [-0.39, 0.29) is 5.60 Å². The minimum atomic E-state index is -0.304. The number of aromatic nitrogens is 2. The van der Waals surface area contributed by atoms with Gasteiger partial charge in [-0.15, -0.1) is 5.10 Å². The van der Waals surface area contributed by atoms with Gasteiger partial charge in [0.15, 0.2) is 5.82 Å². The quantitative estimate of drug-likeness (QED) is 0.864. The van der Waals surface area contributed by atoms with Crippen LogP contribution in [0.1, 0.15) is 37.6 Å². The maximum Gasteiger partial charge on any atom is 0.167 e. The van der Waals surface area contributed by atoms with E-state index in [9.17, 15) is 0 Å². The molecule has 0 bridgehead atoms. The predicted octanol–water partition coefficient (Wildman–Crippen LogP) is 2.19. The van der Waals surface area contributed by atoms with Gasteiger partial charge in [-0.3, -0.25) is 0 Å². The van der Waals surface area contributed by atoms with Crippen LogP contribution >= 0.6 is 0 Å². The summed E-state index contributed by atoms with van der Waals surface area (Å²) < 4.78 is 5.58. The Labute approximate surface area is 108 Å².